The Morgan fingerprint density at radius 2 is 0.853 bits per heavy atom. The zero-order chi connectivity index (χ0) is 54.4. The number of unbranched alkanes of at least 4 members (excludes halogenated alkanes) is 2. The minimum absolute atomic E-state index is 0.0300. The average Bonchev–Trinajstić information content (AvgIpc) is 3.80. The molecule has 2 heterocycles. The summed E-state index contributed by atoms with van der Waals surface area (Å²) in [5, 5.41) is 41.6. The van der Waals surface area contributed by atoms with Crippen LogP contribution in [-0.2, 0) is 62.4 Å². The van der Waals surface area contributed by atoms with Crippen LogP contribution in [0.3, 0.4) is 0 Å². The third kappa shape index (κ3) is 18.0. The van der Waals surface area contributed by atoms with Crippen molar-refractivity contribution in [2.45, 2.75) is 113 Å². The highest BCUT2D eigenvalue weighted by Crippen LogP contribution is 2.20. The van der Waals surface area contributed by atoms with Gasteiger partial charge in [-0.05, 0) is 86.5 Å². The number of para-hydroxylation sites is 1. The maximum absolute atomic E-state index is 14.8. The zero-order valence-electron chi connectivity index (χ0n) is 41.2. The van der Waals surface area contributed by atoms with Gasteiger partial charge in [0.15, 0.2) is 0 Å². The molecule has 8 atom stereocenters. The van der Waals surface area contributed by atoms with E-state index in [0.29, 0.717) is 36.0 Å². The van der Waals surface area contributed by atoms with E-state index in [4.69, 9.17) is 11.5 Å². The summed E-state index contributed by atoms with van der Waals surface area (Å²) >= 11 is 8.59. The summed E-state index contributed by atoms with van der Waals surface area (Å²) in [7, 11) is 0. The third-order valence-corrected chi connectivity index (χ3v) is 13.2. The Balaban J connectivity index is 1.61. The molecule has 0 saturated carbocycles. The van der Waals surface area contributed by atoms with Gasteiger partial charge in [0, 0.05) is 47.9 Å². The fourth-order valence-corrected chi connectivity index (χ4v) is 8.85. The first kappa shape index (κ1) is 58.7. The van der Waals surface area contributed by atoms with E-state index >= 15 is 0 Å². The van der Waals surface area contributed by atoms with Gasteiger partial charge < -0.3 is 69.2 Å². The van der Waals surface area contributed by atoms with E-state index < -0.39 is 108 Å². The molecule has 1 aromatic heterocycles. The molecule has 1 saturated heterocycles. The number of carboxylic acids is 1. The van der Waals surface area contributed by atoms with E-state index in [0.717, 1.165) is 10.9 Å². The number of nitrogens with one attached hydrogen (secondary N) is 9. The van der Waals surface area contributed by atoms with Crippen molar-refractivity contribution in [2.75, 3.05) is 24.6 Å². The van der Waals surface area contributed by atoms with E-state index in [2.05, 4.69) is 72.8 Å². The lowest BCUT2D eigenvalue weighted by Crippen LogP contribution is -2.62. The molecule has 3 aromatic carbocycles. The smallest absolute Gasteiger partial charge is 0.305 e. The van der Waals surface area contributed by atoms with Gasteiger partial charge in [-0.3, -0.25) is 43.2 Å². The Morgan fingerprint density at radius 1 is 0.467 bits per heavy atom. The molecule has 0 unspecified atom stereocenters. The van der Waals surface area contributed by atoms with Crippen molar-refractivity contribution in [1.29, 1.82) is 0 Å². The molecule has 5 rings (SSSR count). The fourth-order valence-electron chi connectivity index (χ4n) is 8.34. The number of amides is 8. The molecule has 24 heteroatoms. The number of fused-ring (bicyclic) bond motifs is 1. The zero-order valence-corrected chi connectivity index (χ0v) is 43.0. The first-order valence-electron chi connectivity index (χ1n) is 24.7. The van der Waals surface area contributed by atoms with Crippen molar-refractivity contribution >= 4 is 89.4 Å². The topological polar surface area (TPSA) is 358 Å². The lowest BCUT2D eigenvalue weighted by Gasteiger charge is -2.29. The van der Waals surface area contributed by atoms with Crippen molar-refractivity contribution in [3.8, 4) is 5.75 Å². The van der Waals surface area contributed by atoms with Gasteiger partial charge in [0.1, 0.15) is 54.1 Å². The molecule has 75 heavy (non-hydrogen) atoms. The quantitative estimate of drug-likeness (QED) is 0.0437. The summed E-state index contributed by atoms with van der Waals surface area (Å²) in [4.78, 5) is 130. The number of rotatable bonds is 18. The summed E-state index contributed by atoms with van der Waals surface area (Å²) in [6, 6.07) is 9.94. The van der Waals surface area contributed by atoms with Crippen LogP contribution >= 0.6 is 25.3 Å². The number of aliphatic carboxylic acids is 1. The molecule has 8 amide bonds. The number of nitrogens with two attached hydrogens (primary N) is 2. The molecule has 15 N–H and O–H groups in total. The van der Waals surface area contributed by atoms with Gasteiger partial charge in [0.2, 0.25) is 47.3 Å². The molecule has 1 fully saturated rings. The van der Waals surface area contributed by atoms with E-state index in [1.165, 1.54) is 24.3 Å². The van der Waals surface area contributed by atoms with Gasteiger partial charge in [-0.25, -0.2) is 0 Å². The Kier molecular flexibility index (Phi) is 23.2. The highest BCUT2D eigenvalue weighted by Gasteiger charge is 2.36. The molecule has 22 nitrogen and oxygen atoms in total. The van der Waals surface area contributed by atoms with Crippen LogP contribution < -0.4 is 54.0 Å². The number of aromatic amines is 1. The standard InChI is InChI=1S/C51H67N11O11S2/c52-20-8-6-14-35-44(66)57-38(23-30-16-18-32(63)19-17-30)47(69)61-41(27-74)50(72)56-36(15-7-9-21-53)45(67)60-40(25-43(64)65)49(71)62-42(28-75)51(73)58-37(22-29-10-2-1-3-11-29)46(68)59-39(48(70)55-35)24-31-26-54-34-13-5-4-12-33(31)34/h1-5,10-13,16-19,26,35-42,54,63,74-75H,6-9,14-15,20-25,27-28,52-53H2,(H,55,70)(H,56,72)(H,57,66)(H,58,73)(H,59,68)(H,60,67)(H,61,69)(H,62,71)(H,64,65)/t35-,36-,37-,38-,39-,40-,41-,42-/m0/s1. The SMILES string of the molecule is NCCCC[C@@H]1NC(=O)[C@H](CS)NC(=O)[C@H](Cc2ccc(O)cc2)NC(=O)[C@H](CCCCN)NC(=O)[C@H](Cc2c[nH]c3ccccc23)NC(=O)[C@H](Cc2ccccc2)NC(=O)[C@H](CS)NC(=O)[C@H](CC(=O)O)NC1=O. The van der Waals surface area contributed by atoms with Crippen molar-refractivity contribution in [3.63, 3.8) is 0 Å². The molecule has 1 aliphatic rings. The van der Waals surface area contributed by atoms with Crippen LogP contribution in [0.5, 0.6) is 5.75 Å². The van der Waals surface area contributed by atoms with Crippen LogP contribution in [0.25, 0.3) is 10.9 Å². The Bertz CT molecular complexity index is 2610. The Morgan fingerprint density at radius 3 is 1.33 bits per heavy atom. The van der Waals surface area contributed by atoms with E-state index in [-0.39, 0.29) is 68.9 Å². The number of phenolic OH excluding ortho intramolecular Hbond substituents is 1. The maximum Gasteiger partial charge on any atom is 0.305 e. The van der Waals surface area contributed by atoms with Gasteiger partial charge in [-0.15, -0.1) is 0 Å². The lowest BCUT2D eigenvalue weighted by molar-refractivity contribution is -0.141. The highest BCUT2D eigenvalue weighted by molar-refractivity contribution is 7.80. The normalized spacial score (nSPS) is 23.0. The molecular weight excluding hydrogens is 1010 g/mol. The average molecular weight is 1070 g/mol. The summed E-state index contributed by atoms with van der Waals surface area (Å²) in [5.74, 6) is -9.48. The second kappa shape index (κ2) is 29.7. The minimum atomic E-state index is -1.80. The second-order valence-electron chi connectivity index (χ2n) is 18.1. The van der Waals surface area contributed by atoms with Gasteiger partial charge in [-0.1, -0.05) is 60.7 Å². The van der Waals surface area contributed by atoms with Crippen molar-refractivity contribution in [1.82, 2.24) is 47.5 Å². The molecule has 1 aliphatic heterocycles. The first-order chi connectivity index (χ1) is 36.0. The number of thiol groups is 2. The summed E-state index contributed by atoms with van der Waals surface area (Å²) in [6.45, 7) is 0.477. The van der Waals surface area contributed by atoms with E-state index in [1.807, 2.05) is 18.2 Å². The summed E-state index contributed by atoms with van der Waals surface area (Å²) in [5.41, 5.74) is 14.0. The van der Waals surface area contributed by atoms with Gasteiger partial charge in [-0.2, -0.15) is 25.3 Å². The molecule has 0 spiro atoms. The van der Waals surface area contributed by atoms with Crippen LogP contribution in [0.15, 0.2) is 85.1 Å². The molecule has 0 aliphatic carbocycles. The number of hydrogen-bond acceptors (Lipinski definition) is 14. The number of aromatic nitrogens is 1. The van der Waals surface area contributed by atoms with Crippen LogP contribution in [0.2, 0.25) is 0 Å². The van der Waals surface area contributed by atoms with Crippen LogP contribution in [0.4, 0.5) is 0 Å². The number of hydrogen-bond donors (Lipinski definition) is 15. The summed E-state index contributed by atoms with van der Waals surface area (Å²) in [6.07, 6.45) is 1.77. The Labute approximate surface area is 444 Å². The predicted octanol–water partition coefficient (Wildman–Crippen LogP) is -0.614. The third-order valence-electron chi connectivity index (χ3n) is 12.5. The number of carboxylic acid groups (broad SMARTS) is 1. The largest absolute Gasteiger partial charge is 0.508 e. The molecule has 0 bridgehead atoms. The predicted molar refractivity (Wildman–Crippen MR) is 285 cm³/mol. The molecule has 404 valence electrons. The van der Waals surface area contributed by atoms with Crippen molar-refractivity contribution < 1.29 is 53.4 Å². The number of phenols is 1. The summed E-state index contributed by atoms with van der Waals surface area (Å²) < 4.78 is 0. The number of aromatic hydroxyl groups is 1. The monoisotopic (exact) mass is 1070 g/mol. The lowest BCUT2D eigenvalue weighted by atomic mass is 10.0. The molecule has 4 aromatic rings. The van der Waals surface area contributed by atoms with Crippen LogP contribution in [-0.4, -0.2) is 141 Å². The number of H-pyrrole nitrogens is 1. The molecule has 0 radical (unpaired) electrons. The minimum Gasteiger partial charge on any atom is -0.508 e. The highest BCUT2D eigenvalue weighted by atomic mass is 32.1. The Hall–Kier alpha value is -7.15. The maximum atomic E-state index is 14.8. The van der Waals surface area contributed by atoms with Crippen molar-refractivity contribution in [3.05, 3.63) is 102 Å². The second-order valence-corrected chi connectivity index (χ2v) is 18.9. The number of carbonyl (C=O) groups excluding carboxylic acids is 8. The van der Waals surface area contributed by atoms with Gasteiger partial charge >= 0.3 is 5.97 Å². The molecular formula is C51H67N11O11S2. The van der Waals surface area contributed by atoms with Crippen LogP contribution in [0, 0.1) is 0 Å². The fraction of sp³-hybridized carbons (Fsp3) is 0.431. The van der Waals surface area contributed by atoms with Crippen molar-refractivity contribution in [2.24, 2.45) is 11.5 Å². The first-order valence-corrected chi connectivity index (χ1v) is 25.9. The van der Waals surface area contributed by atoms with E-state index in [1.54, 1.807) is 42.6 Å². The number of benzene rings is 3. The van der Waals surface area contributed by atoms with Gasteiger partial charge in [0.25, 0.3) is 0 Å². The van der Waals surface area contributed by atoms with Gasteiger partial charge in [0.05, 0.1) is 6.42 Å². The number of carbonyl (C=O) groups is 9. The van der Waals surface area contributed by atoms with E-state index in [9.17, 15) is 53.4 Å². The van der Waals surface area contributed by atoms with Crippen LogP contribution in [0.1, 0.15) is 61.6 Å².